The van der Waals surface area contributed by atoms with Crippen LogP contribution in [0.25, 0.3) is 10.4 Å². The third-order valence-electron chi connectivity index (χ3n) is 5.57. The second-order valence-electron chi connectivity index (χ2n) is 8.78. The number of nitrogens with zero attached hydrogens (tertiary/aromatic N) is 2. The number of thiazole rings is 1. The molecular formula is C23H29FN4O4S. The number of hydrogen-bond donors (Lipinski definition) is 3. The molecule has 3 amide bonds. The van der Waals surface area contributed by atoms with Crippen molar-refractivity contribution in [3.63, 3.8) is 0 Å². The van der Waals surface area contributed by atoms with Crippen molar-refractivity contribution < 1.29 is 23.9 Å². The molecule has 10 heteroatoms. The first-order valence-corrected chi connectivity index (χ1v) is 11.6. The van der Waals surface area contributed by atoms with Gasteiger partial charge in [0.2, 0.25) is 17.7 Å². The topological polar surface area (TPSA) is 112 Å². The highest BCUT2D eigenvalue weighted by Gasteiger charge is 2.45. The summed E-state index contributed by atoms with van der Waals surface area (Å²) < 4.78 is 14.6. The predicted molar refractivity (Wildman–Crippen MR) is 123 cm³/mol. The fourth-order valence-electron chi connectivity index (χ4n) is 3.86. The molecule has 1 aliphatic rings. The maximum absolute atomic E-state index is 14.6. The Hall–Kier alpha value is -2.85. The van der Waals surface area contributed by atoms with Crippen LogP contribution in [-0.2, 0) is 20.9 Å². The number of aliphatic hydroxyl groups excluding tert-OH is 1. The van der Waals surface area contributed by atoms with Crippen molar-refractivity contribution in [3.8, 4) is 10.4 Å². The van der Waals surface area contributed by atoms with Gasteiger partial charge in [-0.3, -0.25) is 14.4 Å². The molecule has 0 aliphatic carbocycles. The minimum atomic E-state index is -2.05. The van der Waals surface area contributed by atoms with E-state index in [4.69, 9.17) is 0 Å². The Kier molecular flexibility index (Phi) is 7.48. The number of carbonyl (C=O) groups is 3. The summed E-state index contributed by atoms with van der Waals surface area (Å²) in [5, 5.41) is 15.2. The number of likely N-dealkylation sites (tertiary alicyclic amines) is 1. The van der Waals surface area contributed by atoms with Crippen LogP contribution >= 0.6 is 11.3 Å². The number of aliphatic hydroxyl groups is 1. The minimum absolute atomic E-state index is 0.0423. The molecule has 33 heavy (non-hydrogen) atoms. The number of halogens is 1. The van der Waals surface area contributed by atoms with Gasteiger partial charge in [0.15, 0.2) is 0 Å². The molecule has 0 radical (unpaired) electrons. The molecule has 1 fully saturated rings. The van der Waals surface area contributed by atoms with Crippen molar-refractivity contribution >= 4 is 29.1 Å². The van der Waals surface area contributed by atoms with E-state index in [2.05, 4.69) is 15.6 Å². The van der Waals surface area contributed by atoms with Crippen LogP contribution in [0, 0.1) is 6.92 Å². The number of rotatable bonds is 7. The molecule has 3 unspecified atom stereocenters. The summed E-state index contributed by atoms with van der Waals surface area (Å²) in [4.78, 5) is 43.9. The van der Waals surface area contributed by atoms with Gasteiger partial charge in [0, 0.05) is 26.4 Å². The molecule has 3 N–H and O–H groups in total. The van der Waals surface area contributed by atoms with Crippen LogP contribution in [0.3, 0.4) is 0 Å². The summed E-state index contributed by atoms with van der Waals surface area (Å²) in [7, 11) is 0. The third kappa shape index (κ3) is 5.94. The van der Waals surface area contributed by atoms with Gasteiger partial charge in [-0.1, -0.05) is 24.3 Å². The normalized spacial score (nSPS) is 19.3. The summed E-state index contributed by atoms with van der Waals surface area (Å²) in [5.74, 6) is -1.74. The Morgan fingerprint density at radius 1 is 1.30 bits per heavy atom. The van der Waals surface area contributed by atoms with E-state index in [1.807, 2.05) is 31.2 Å². The largest absolute Gasteiger partial charge is 0.391 e. The molecule has 3 rings (SSSR count). The monoisotopic (exact) mass is 476 g/mol. The Bertz CT molecular complexity index is 1020. The molecule has 2 aromatic rings. The molecule has 178 valence electrons. The molecule has 3 atom stereocenters. The van der Waals surface area contributed by atoms with E-state index in [1.165, 1.54) is 20.8 Å². The molecule has 1 aromatic carbocycles. The van der Waals surface area contributed by atoms with E-state index in [0.717, 1.165) is 26.6 Å². The molecule has 0 spiro atoms. The Balaban J connectivity index is 1.67. The zero-order valence-corrected chi connectivity index (χ0v) is 19.9. The van der Waals surface area contributed by atoms with Crippen molar-refractivity contribution in [2.75, 3.05) is 6.54 Å². The van der Waals surface area contributed by atoms with Crippen molar-refractivity contribution in [2.24, 2.45) is 0 Å². The number of β-amino-alcohol motifs (C(OH)–C–C–N with tert-alkyl or cyclic N) is 1. The van der Waals surface area contributed by atoms with Gasteiger partial charge in [-0.15, -0.1) is 11.3 Å². The summed E-state index contributed by atoms with van der Waals surface area (Å²) in [6.45, 7) is 5.64. The lowest BCUT2D eigenvalue weighted by Gasteiger charge is -2.32. The Labute approximate surface area is 196 Å². The number of aromatic nitrogens is 1. The average Bonchev–Trinajstić information content (AvgIpc) is 3.35. The number of nitrogens with one attached hydrogen (secondary N) is 2. The van der Waals surface area contributed by atoms with Crippen molar-refractivity contribution in [2.45, 2.75) is 64.5 Å². The van der Waals surface area contributed by atoms with Crippen LogP contribution in [-0.4, -0.2) is 63.1 Å². The molecule has 1 saturated heterocycles. The van der Waals surface area contributed by atoms with Gasteiger partial charge in [-0.25, -0.2) is 9.37 Å². The highest BCUT2D eigenvalue weighted by atomic mass is 32.1. The van der Waals surface area contributed by atoms with Gasteiger partial charge in [-0.2, -0.15) is 0 Å². The highest BCUT2D eigenvalue weighted by molar-refractivity contribution is 7.13. The second-order valence-corrected chi connectivity index (χ2v) is 9.63. The van der Waals surface area contributed by atoms with Gasteiger partial charge in [-0.05, 0) is 31.9 Å². The van der Waals surface area contributed by atoms with E-state index in [9.17, 15) is 23.9 Å². The zero-order valence-electron chi connectivity index (χ0n) is 19.1. The van der Waals surface area contributed by atoms with Crippen molar-refractivity contribution in [1.82, 2.24) is 20.5 Å². The minimum Gasteiger partial charge on any atom is -0.391 e. The summed E-state index contributed by atoms with van der Waals surface area (Å²) in [6, 6.07) is 5.31. The first-order chi connectivity index (χ1) is 15.5. The standard InChI is InChI=1S/C23H29FN4O4S/c1-13-19(33-12-26-13)16-7-5-15(6-8-16)10-25-21(31)18-9-17(30)11-28(18)22(32)20(23(3,4)24)27-14(2)29/h5-8,12,17-18,20,30H,9-11H2,1-4H3,(H,25,31)(H,27,29). The number of hydrogen-bond acceptors (Lipinski definition) is 6. The molecule has 8 nitrogen and oxygen atoms in total. The van der Waals surface area contributed by atoms with Crippen LogP contribution in [0.1, 0.15) is 38.4 Å². The van der Waals surface area contributed by atoms with E-state index in [1.54, 1.807) is 16.8 Å². The summed E-state index contributed by atoms with van der Waals surface area (Å²) in [5.41, 5.74) is 2.61. The Morgan fingerprint density at radius 3 is 2.52 bits per heavy atom. The number of benzene rings is 1. The predicted octanol–water partition coefficient (Wildman–Crippen LogP) is 1.95. The van der Waals surface area contributed by atoms with Crippen molar-refractivity contribution in [3.05, 3.63) is 41.0 Å². The van der Waals surface area contributed by atoms with Gasteiger partial charge in [0.25, 0.3) is 0 Å². The van der Waals surface area contributed by atoms with E-state index in [-0.39, 0.29) is 19.5 Å². The van der Waals surface area contributed by atoms with E-state index in [0.29, 0.717) is 0 Å². The fraction of sp³-hybridized carbons (Fsp3) is 0.478. The number of alkyl halides is 1. The summed E-state index contributed by atoms with van der Waals surface area (Å²) >= 11 is 1.56. The molecule has 0 saturated carbocycles. The van der Waals surface area contributed by atoms with Crippen LogP contribution in [0.15, 0.2) is 29.8 Å². The first kappa shape index (κ1) is 24.8. The van der Waals surface area contributed by atoms with Crippen molar-refractivity contribution in [1.29, 1.82) is 0 Å². The maximum atomic E-state index is 14.6. The zero-order chi connectivity index (χ0) is 24.3. The van der Waals surface area contributed by atoms with Gasteiger partial charge in [0.1, 0.15) is 17.8 Å². The van der Waals surface area contributed by atoms with Gasteiger partial charge < -0.3 is 20.6 Å². The van der Waals surface area contributed by atoms with Crippen LogP contribution < -0.4 is 10.6 Å². The lowest BCUT2D eigenvalue weighted by Crippen LogP contribution is -2.59. The molecule has 1 aromatic heterocycles. The number of carbonyl (C=O) groups excluding carboxylic acids is 3. The molecule has 2 heterocycles. The summed E-state index contributed by atoms with van der Waals surface area (Å²) in [6.07, 6.45) is -0.868. The smallest absolute Gasteiger partial charge is 0.249 e. The number of aryl methyl sites for hydroxylation is 1. The fourth-order valence-corrected chi connectivity index (χ4v) is 4.67. The lowest BCUT2D eigenvalue weighted by molar-refractivity contribution is -0.144. The first-order valence-electron chi connectivity index (χ1n) is 10.7. The Morgan fingerprint density at radius 2 is 1.97 bits per heavy atom. The SMILES string of the molecule is CC(=O)NC(C(=O)N1CC(O)CC1C(=O)NCc1ccc(-c2scnc2C)cc1)C(C)(C)F. The maximum Gasteiger partial charge on any atom is 0.249 e. The van der Waals surface area contributed by atoms with E-state index < -0.39 is 41.6 Å². The number of amides is 3. The van der Waals surface area contributed by atoms with Gasteiger partial charge in [0.05, 0.1) is 22.2 Å². The second kappa shape index (κ2) is 9.96. The lowest BCUT2D eigenvalue weighted by atomic mass is 9.98. The molecular weight excluding hydrogens is 447 g/mol. The molecule has 0 bridgehead atoms. The van der Waals surface area contributed by atoms with Gasteiger partial charge >= 0.3 is 0 Å². The highest BCUT2D eigenvalue weighted by Crippen LogP contribution is 2.27. The third-order valence-corrected chi connectivity index (χ3v) is 6.55. The molecule has 1 aliphatic heterocycles. The quantitative estimate of drug-likeness (QED) is 0.566. The van der Waals surface area contributed by atoms with Crippen LogP contribution in [0.4, 0.5) is 4.39 Å². The van der Waals surface area contributed by atoms with E-state index >= 15 is 0 Å². The van der Waals surface area contributed by atoms with Crippen LogP contribution in [0.5, 0.6) is 0 Å². The van der Waals surface area contributed by atoms with Crippen LogP contribution in [0.2, 0.25) is 0 Å². The average molecular weight is 477 g/mol.